The second-order valence-electron chi connectivity index (χ2n) is 5.00. The highest BCUT2D eigenvalue weighted by Crippen LogP contribution is 2.19. The molecule has 0 aliphatic rings. The van der Waals surface area contributed by atoms with E-state index in [0.717, 1.165) is 0 Å². The van der Waals surface area contributed by atoms with Crippen LogP contribution in [0, 0.1) is 11.8 Å². The molecule has 0 saturated heterocycles. The van der Waals surface area contributed by atoms with E-state index < -0.39 is 18.0 Å². The molecule has 0 amide bonds. The molecule has 1 unspecified atom stereocenters. The van der Waals surface area contributed by atoms with E-state index in [1.165, 1.54) is 0 Å². The fraction of sp³-hybridized carbons (Fsp3) is 0.833. The molecule has 0 aromatic carbocycles. The van der Waals surface area contributed by atoms with Crippen molar-refractivity contribution in [2.75, 3.05) is 0 Å². The topological polar surface area (TPSA) is 89.6 Å². The predicted octanol–water partition coefficient (Wildman–Crippen LogP) is 1.40. The molecule has 2 atom stereocenters. The molecule has 0 spiro atoms. The number of rotatable bonds is 7. The number of hydrogen-bond donors (Lipinski definition) is 2. The van der Waals surface area contributed by atoms with Gasteiger partial charge in [0.25, 0.3) is 0 Å². The van der Waals surface area contributed by atoms with Gasteiger partial charge in [-0.1, -0.05) is 13.8 Å². The normalized spacial score (nSPS) is 14.8. The molecule has 5 nitrogen and oxygen atoms in total. The largest absolute Gasteiger partial charge is 0.481 e. The Morgan fingerprint density at radius 1 is 1.24 bits per heavy atom. The Morgan fingerprint density at radius 2 is 1.76 bits per heavy atom. The van der Waals surface area contributed by atoms with Crippen molar-refractivity contribution in [1.29, 1.82) is 0 Å². The molecule has 100 valence electrons. The quantitative estimate of drug-likeness (QED) is 0.662. The monoisotopic (exact) mass is 245 g/mol. The molecule has 0 saturated carbocycles. The predicted molar refractivity (Wildman–Crippen MR) is 64.4 cm³/mol. The van der Waals surface area contributed by atoms with Crippen LogP contribution < -0.4 is 5.73 Å². The van der Waals surface area contributed by atoms with E-state index in [2.05, 4.69) is 0 Å². The minimum Gasteiger partial charge on any atom is -0.481 e. The van der Waals surface area contributed by atoms with E-state index in [1.54, 1.807) is 13.8 Å². The van der Waals surface area contributed by atoms with Gasteiger partial charge in [0.15, 0.2) is 0 Å². The maximum absolute atomic E-state index is 11.6. The lowest BCUT2D eigenvalue weighted by molar-refractivity contribution is -0.151. The molecule has 0 aromatic rings. The highest BCUT2D eigenvalue weighted by molar-refractivity contribution is 5.77. The average molecular weight is 245 g/mol. The maximum atomic E-state index is 11.6. The van der Waals surface area contributed by atoms with Gasteiger partial charge in [-0.15, -0.1) is 0 Å². The van der Waals surface area contributed by atoms with Gasteiger partial charge in [0, 0.05) is 0 Å². The van der Waals surface area contributed by atoms with Crippen LogP contribution in [0.3, 0.4) is 0 Å². The third-order valence-corrected chi connectivity index (χ3v) is 2.34. The lowest BCUT2D eigenvalue weighted by Gasteiger charge is -2.23. The lowest BCUT2D eigenvalue weighted by atomic mass is 9.88. The highest BCUT2D eigenvalue weighted by atomic mass is 16.5. The number of aliphatic carboxylic acids is 1. The smallest absolute Gasteiger partial charge is 0.323 e. The van der Waals surface area contributed by atoms with Crippen LogP contribution in [0.5, 0.6) is 0 Å². The average Bonchev–Trinajstić information content (AvgIpc) is 2.12. The summed E-state index contributed by atoms with van der Waals surface area (Å²) in [6, 6.07) is -0.865. The number of ether oxygens (including phenoxy) is 1. The maximum Gasteiger partial charge on any atom is 0.323 e. The van der Waals surface area contributed by atoms with Gasteiger partial charge >= 0.3 is 11.9 Å². The summed E-state index contributed by atoms with van der Waals surface area (Å²) in [7, 11) is 0. The number of carbonyl (C=O) groups excluding carboxylic acids is 1. The number of nitrogens with two attached hydrogens (primary N) is 1. The number of carbonyl (C=O) groups is 2. The molecule has 5 heteroatoms. The van der Waals surface area contributed by atoms with Gasteiger partial charge in [0.2, 0.25) is 0 Å². The Hall–Kier alpha value is -1.10. The number of esters is 1. The highest BCUT2D eigenvalue weighted by Gasteiger charge is 2.29. The molecule has 0 fully saturated rings. The second-order valence-corrected chi connectivity index (χ2v) is 5.00. The van der Waals surface area contributed by atoms with Gasteiger partial charge in [-0.2, -0.15) is 0 Å². The third-order valence-electron chi connectivity index (χ3n) is 2.34. The van der Waals surface area contributed by atoms with E-state index in [0.29, 0.717) is 6.42 Å². The van der Waals surface area contributed by atoms with Crippen molar-refractivity contribution < 1.29 is 19.4 Å². The Balaban J connectivity index is 4.55. The van der Waals surface area contributed by atoms with Crippen molar-refractivity contribution >= 4 is 11.9 Å². The Labute approximate surface area is 102 Å². The number of hydrogen-bond acceptors (Lipinski definition) is 4. The van der Waals surface area contributed by atoms with Crippen LogP contribution >= 0.6 is 0 Å². The second kappa shape index (κ2) is 7.27. The fourth-order valence-electron chi connectivity index (χ4n) is 1.69. The third kappa shape index (κ3) is 6.94. The first-order valence-corrected chi connectivity index (χ1v) is 5.91. The van der Waals surface area contributed by atoms with Gasteiger partial charge in [-0.3, -0.25) is 9.59 Å². The summed E-state index contributed by atoms with van der Waals surface area (Å²) in [6.07, 6.45) is 0.255. The summed E-state index contributed by atoms with van der Waals surface area (Å²) in [5.41, 5.74) is 5.77. The van der Waals surface area contributed by atoms with Crippen LogP contribution in [0.25, 0.3) is 0 Å². The molecule has 0 aliphatic carbocycles. The van der Waals surface area contributed by atoms with Crippen molar-refractivity contribution in [3.05, 3.63) is 0 Å². The van der Waals surface area contributed by atoms with Gasteiger partial charge in [0.1, 0.15) is 6.04 Å². The van der Waals surface area contributed by atoms with Crippen LogP contribution in [-0.4, -0.2) is 29.2 Å². The summed E-state index contributed by atoms with van der Waals surface area (Å²) in [4.78, 5) is 22.4. The zero-order chi connectivity index (χ0) is 13.6. The Bertz CT molecular complexity index is 263. The zero-order valence-corrected chi connectivity index (χ0v) is 11.0. The van der Waals surface area contributed by atoms with Crippen molar-refractivity contribution in [3.63, 3.8) is 0 Å². The van der Waals surface area contributed by atoms with E-state index >= 15 is 0 Å². The van der Waals surface area contributed by atoms with E-state index in [9.17, 15) is 9.59 Å². The summed E-state index contributed by atoms with van der Waals surface area (Å²) >= 11 is 0. The van der Waals surface area contributed by atoms with Crippen LogP contribution in [0.15, 0.2) is 0 Å². The minimum absolute atomic E-state index is 0.105. The first-order valence-electron chi connectivity index (χ1n) is 5.91. The lowest BCUT2D eigenvalue weighted by Crippen LogP contribution is -2.41. The number of carboxylic acid groups (broad SMARTS) is 1. The molecule has 0 aromatic heterocycles. The fourth-order valence-corrected chi connectivity index (χ4v) is 1.69. The number of carboxylic acids is 1. The van der Waals surface area contributed by atoms with Crippen LogP contribution in [0.1, 0.15) is 40.5 Å². The summed E-state index contributed by atoms with van der Waals surface area (Å²) in [5.74, 6) is -1.55. The van der Waals surface area contributed by atoms with E-state index in [4.69, 9.17) is 15.6 Å². The minimum atomic E-state index is -0.941. The molecule has 0 heterocycles. The Kier molecular flexibility index (Phi) is 6.80. The van der Waals surface area contributed by atoms with Crippen LogP contribution in [0.2, 0.25) is 0 Å². The molecule has 0 rings (SSSR count). The van der Waals surface area contributed by atoms with E-state index in [-0.39, 0.29) is 24.4 Å². The van der Waals surface area contributed by atoms with Crippen LogP contribution in [-0.2, 0) is 14.3 Å². The molecular formula is C12H23NO4. The molecule has 0 radical (unpaired) electrons. The van der Waals surface area contributed by atoms with Gasteiger partial charge < -0.3 is 15.6 Å². The van der Waals surface area contributed by atoms with Crippen molar-refractivity contribution in [3.8, 4) is 0 Å². The van der Waals surface area contributed by atoms with Crippen molar-refractivity contribution in [2.24, 2.45) is 17.6 Å². The van der Waals surface area contributed by atoms with Gasteiger partial charge in [0.05, 0.1) is 12.5 Å². The molecule has 0 aliphatic heterocycles. The molecule has 17 heavy (non-hydrogen) atoms. The first kappa shape index (κ1) is 15.9. The SMILES string of the molecule is CC(C)C[C@@H](CC(=O)O)C(N)C(=O)OC(C)C. The zero-order valence-electron chi connectivity index (χ0n) is 11.0. The summed E-state index contributed by atoms with van der Waals surface area (Å²) < 4.78 is 5.00. The van der Waals surface area contributed by atoms with E-state index in [1.807, 2.05) is 13.8 Å². The molecular weight excluding hydrogens is 222 g/mol. The van der Waals surface area contributed by atoms with Crippen molar-refractivity contribution in [1.82, 2.24) is 0 Å². The van der Waals surface area contributed by atoms with Crippen LogP contribution in [0.4, 0.5) is 0 Å². The Morgan fingerprint density at radius 3 is 2.12 bits per heavy atom. The van der Waals surface area contributed by atoms with Crippen molar-refractivity contribution in [2.45, 2.75) is 52.7 Å². The van der Waals surface area contributed by atoms with Gasteiger partial charge in [-0.25, -0.2) is 0 Å². The van der Waals surface area contributed by atoms with Gasteiger partial charge in [-0.05, 0) is 32.1 Å². The first-order chi connectivity index (χ1) is 7.73. The summed E-state index contributed by atoms with van der Waals surface area (Å²) in [6.45, 7) is 7.41. The summed E-state index contributed by atoms with van der Waals surface area (Å²) in [5, 5.41) is 8.80. The molecule has 0 bridgehead atoms. The standard InChI is InChI=1S/C12H23NO4/c1-7(2)5-9(6-10(14)15)11(13)12(16)17-8(3)4/h7-9,11H,5-6,13H2,1-4H3,(H,14,15)/t9-,11?/m0/s1. The molecule has 3 N–H and O–H groups in total.